The number of carbonyl (C=O) groups is 1. The summed E-state index contributed by atoms with van der Waals surface area (Å²) in [7, 11) is 0. The van der Waals surface area contributed by atoms with E-state index in [1.54, 1.807) is 0 Å². The van der Waals surface area contributed by atoms with Crippen molar-refractivity contribution in [1.29, 1.82) is 0 Å². The van der Waals surface area contributed by atoms with Crippen LogP contribution < -0.4 is 4.74 Å². The molecule has 2 aliphatic rings. The maximum absolute atomic E-state index is 12.9. The first-order chi connectivity index (χ1) is 13.3. The number of ether oxygens (including phenoxy) is 1. The molecule has 1 aliphatic heterocycles. The van der Waals surface area contributed by atoms with Gasteiger partial charge in [-0.2, -0.15) is 13.2 Å². The molecular weight excluding hydrogens is 367 g/mol. The second-order valence-corrected chi connectivity index (χ2v) is 7.61. The minimum atomic E-state index is -4.35. The third-order valence-electron chi connectivity index (χ3n) is 5.86. The molecule has 0 N–H and O–H groups in total. The van der Waals surface area contributed by atoms with E-state index in [4.69, 9.17) is 4.74 Å². The molecule has 0 unspecified atom stereocenters. The smallest absolute Gasteiger partial charge is 0.416 e. The monoisotopic (exact) mass is 389 g/mol. The molecule has 3 nitrogen and oxygen atoms in total. The average molecular weight is 389 g/mol. The molecule has 148 valence electrons. The van der Waals surface area contributed by atoms with Gasteiger partial charge in [0.2, 0.25) is 5.91 Å². The summed E-state index contributed by atoms with van der Waals surface area (Å²) in [6.45, 7) is 3.50. The molecule has 0 saturated heterocycles. The standard InChI is InChI=1S/C22H22F3NO2/c1-2-21(9-10-21)20(27)26-11-12-28-19-8-5-16(13-17(19)14-26)15-3-6-18(7-4-15)22(23,24)25/h3-8,13H,2,9-12,14H2,1H3. The lowest BCUT2D eigenvalue weighted by molar-refractivity contribution is -0.138. The summed E-state index contributed by atoms with van der Waals surface area (Å²) < 4.78 is 44.2. The lowest BCUT2D eigenvalue weighted by atomic mass is 9.99. The topological polar surface area (TPSA) is 29.5 Å². The minimum Gasteiger partial charge on any atom is -0.491 e. The molecular formula is C22H22F3NO2. The van der Waals surface area contributed by atoms with E-state index in [9.17, 15) is 18.0 Å². The summed E-state index contributed by atoms with van der Waals surface area (Å²) in [5.74, 6) is 0.915. The molecule has 0 atom stereocenters. The van der Waals surface area contributed by atoms with Gasteiger partial charge in [0.25, 0.3) is 0 Å². The molecule has 1 amide bonds. The van der Waals surface area contributed by atoms with Crippen LogP contribution in [0.4, 0.5) is 13.2 Å². The zero-order valence-electron chi connectivity index (χ0n) is 15.7. The average Bonchev–Trinajstić information content (AvgIpc) is 3.50. The predicted molar refractivity (Wildman–Crippen MR) is 99.8 cm³/mol. The van der Waals surface area contributed by atoms with E-state index in [2.05, 4.69) is 6.92 Å². The van der Waals surface area contributed by atoms with E-state index in [0.29, 0.717) is 25.3 Å². The molecule has 0 bridgehead atoms. The number of benzene rings is 2. The second kappa shape index (κ2) is 6.83. The molecule has 2 aromatic rings. The van der Waals surface area contributed by atoms with Crippen LogP contribution in [0.1, 0.15) is 37.3 Å². The molecule has 28 heavy (non-hydrogen) atoms. The van der Waals surface area contributed by atoms with Crippen molar-refractivity contribution in [2.45, 2.75) is 38.9 Å². The fourth-order valence-electron chi connectivity index (χ4n) is 3.80. The van der Waals surface area contributed by atoms with E-state index in [1.165, 1.54) is 12.1 Å². The van der Waals surface area contributed by atoms with Gasteiger partial charge in [0.15, 0.2) is 0 Å². The van der Waals surface area contributed by atoms with Crippen molar-refractivity contribution in [3.63, 3.8) is 0 Å². The van der Waals surface area contributed by atoms with Gasteiger partial charge in [-0.05, 0) is 54.7 Å². The van der Waals surface area contributed by atoms with Crippen molar-refractivity contribution in [3.05, 3.63) is 53.6 Å². The van der Waals surface area contributed by atoms with Crippen LogP contribution in [-0.4, -0.2) is 24.0 Å². The van der Waals surface area contributed by atoms with Crippen molar-refractivity contribution in [3.8, 4) is 16.9 Å². The van der Waals surface area contributed by atoms with Gasteiger partial charge in [0, 0.05) is 17.5 Å². The predicted octanol–water partition coefficient (Wildman–Crippen LogP) is 5.28. The van der Waals surface area contributed by atoms with Gasteiger partial charge in [0.1, 0.15) is 12.4 Å². The zero-order valence-corrected chi connectivity index (χ0v) is 15.7. The lowest BCUT2D eigenvalue weighted by Crippen LogP contribution is -2.38. The molecule has 1 aliphatic carbocycles. The molecule has 1 saturated carbocycles. The van der Waals surface area contributed by atoms with Crippen molar-refractivity contribution in [2.75, 3.05) is 13.2 Å². The van der Waals surface area contributed by atoms with Gasteiger partial charge in [-0.3, -0.25) is 4.79 Å². The van der Waals surface area contributed by atoms with Crippen LogP contribution in [0.3, 0.4) is 0 Å². The highest BCUT2D eigenvalue weighted by atomic mass is 19.4. The van der Waals surface area contributed by atoms with E-state index in [-0.39, 0.29) is 11.3 Å². The first kappa shape index (κ1) is 18.8. The SMILES string of the molecule is CCC1(C(=O)N2CCOc3ccc(-c4ccc(C(F)(F)F)cc4)cc3C2)CC1. The highest BCUT2D eigenvalue weighted by Crippen LogP contribution is 2.50. The van der Waals surface area contributed by atoms with Crippen molar-refractivity contribution >= 4 is 5.91 Å². The maximum Gasteiger partial charge on any atom is 0.416 e. The zero-order chi connectivity index (χ0) is 19.9. The van der Waals surface area contributed by atoms with Gasteiger partial charge in [0.05, 0.1) is 12.1 Å². The van der Waals surface area contributed by atoms with Gasteiger partial charge < -0.3 is 9.64 Å². The summed E-state index contributed by atoms with van der Waals surface area (Å²) in [6.07, 6.45) is -1.61. The minimum absolute atomic E-state index is 0.186. The van der Waals surface area contributed by atoms with Crippen LogP contribution in [-0.2, 0) is 17.5 Å². The Bertz CT molecular complexity index is 886. The Morgan fingerprint density at radius 3 is 2.39 bits per heavy atom. The molecule has 2 aromatic carbocycles. The van der Waals surface area contributed by atoms with E-state index >= 15 is 0 Å². The second-order valence-electron chi connectivity index (χ2n) is 7.61. The van der Waals surface area contributed by atoms with Gasteiger partial charge in [-0.15, -0.1) is 0 Å². The number of amides is 1. The largest absolute Gasteiger partial charge is 0.491 e. The van der Waals surface area contributed by atoms with Crippen molar-refractivity contribution in [1.82, 2.24) is 4.90 Å². The summed E-state index contributed by atoms with van der Waals surface area (Å²) in [5, 5.41) is 0. The summed E-state index contributed by atoms with van der Waals surface area (Å²) in [4.78, 5) is 14.8. The Morgan fingerprint density at radius 1 is 1.11 bits per heavy atom. The normalized spacial score (nSPS) is 18.1. The Labute approximate surface area is 162 Å². The van der Waals surface area contributed by atoms with Crippen LogP contribution in [0.25, 0.3) is 11.1 Å². The Morgan fingerprint density at radius 2 is 1.79 bits per heavy atom. The number of carbonyl (C=O) groups excluding carboxylic acids is 1. The number of hydrogen-bond acceptors (Lipinski definition) is 2. The van der Waals surface area contributed by atoms with Crippen LogP contribution in [0.5, 0.6) is 5.75 Å². The van der Waals surface area contributed by atoms with Gasteiger partial charge in [-0.1, -0.05) is 25.1 Å². The van der Waals surface area contributed by atoms with Crippen LogP contribution >= 0.6 is 0 Å². The molecule has 1 fully saturated rings. The number of halogens is 3. The highest BCUT2D eigenvalue weighted by Gasteiger charge is 2.50. The van der Waals surface area contributed by atoms with Gasteiger partial charge in [-0.25, -0.2) is 0 Å². The molecule has 0 aromatic heterocycles. The highest BCUT2D eigenvalue weighted by molar-refractivity contribution is 5.85. The lowest BCUT2D eigenvalue weighted by Gasteiger charge is -2.25. The third kappa shape index (κ3) is 3.48. The van der Waals surface area contributed by atoms with E-state index in [1.807, 2.05) is 23.1 Å². The Kier molecular flexibility index (Phi) is 4.60. The van der Waals surface area contributed by atoms with Gasteiger partial charge >= 0.3 is 6.18 Å². The first-order valence-corrected chi connectivity index (χ1v) is 9.55. The summed E-state index contributed by atoms with van der Waals surface area (Å²) in [6, 6.07) is 10.7. The Balaban J connectivity index is 1.60. The number of nitrogens with zero attached hydrogens (tertiary/aromatic N) is 1. The van der Waals surface area contributed by atoms with Crippen LogP contribution in [0.15, 0.2) is 42.5 Å². The van der Waals surface area contributed by atoms with Crippen LogP contribution in [0, 0.1) is 5.41 Å². The summed E-state index contributed by atoms with van der Waals surface area (Å²) in [5.41, 5.74) is 1.53. The number of alkyl halides is 3. The number of hydrogen-bond donors (Lipinski definition) is 0. The quantitative estimate of drug-likeness (QED) is 0.714. The molecule has 0 radical (unpaired) electrons. The molecule has 1 heterocycles. The fourth-order valence-corrected chi connectivity index (χ4v) is 3.80. The first-order valence-electron chi connectivity index (χ1n) is 9.55. The summed E-state index contributed by atoms with van der Waals surface area (Å²) >= 11 is 0. The number of fused-ring (bicyclic) bond motifs is 1. The van der Waals surface area contributed by atoms with E-state index < -0.39 is 11.7 Å². The fraction of sp³-hybridized carbons (Fsp3) is 0.409. The van der Waals surface area contributed by atoms with E-state index in [0.717, 1.165) is 48.3 Å². The number of rotatable bonds is 3. The van der Waals surface area contributed by atoms with Crippen LogP contribution in [0.2, 0.25) is 0 Å². The molecule has 0 spiro atoms. The van der Waals surface area contributed by atoms with Crippen molar-refractivity contribution < 1.29 is 22.7 Å². The Hall–Kier alpha value is -2.50. The maximum atomic E-state index is 12.9. The third-order valence-corrected chi connectivity index (χ3v) is 5.86. The molecule has 6 heteroatoms. The van der Waals surface area contributed by atoms with Crippen molar-refractivity contribution in [2.24, 2.45) is 5.41 Å². The molecule has 4 rings (SSSR count).